The van der Waals surface area contributed by atoms with E-state index in [9.17, 15) is 0 Å². The molecular formula is C11H9Cl2N3O. The summed E-state index contributed by atoms with van der Waals surface area (Å²) in [6.45, 7) is 0. The van der Waals surface area contributed by atoms with Crippen LogP contribution in [0.25, 0.3) is 0 Å². The second kappa shape index (κ2) is 5.21. The van der Waals surface area contributed by atoms with Crippen LogP contribution in [0.2, 0.25) is 10.3 Å². The van der Waals surface area contributed by atoms with Gasteiger partial charge in [0, 0.05) is 10.7 Å². The largest absolute Gasteiger partial charge is 0.491 e. The molecule has 0 amide bonds. The zero-order chi connectivity index (χ0) is 12.3. The van der Waals surface area contributed by atoms with Gasteiger partial charge < -0.3 is 10.1 Å². The van der Waals surface area contributed by atoms with Gasteiger partial charge in [0.25, 0.3) is 0 Å². The topological polar surface area (TPSA) is 47.0 Å². The lowest BCUT2D eigenvalue weighted by Crippen LogP contribution is -1.98. The van der Waals surface area contributed by atoms with Crippen molar-refractivity contribution in [1.82, 2.24) is 9.97 Å². The number of halogens is 2. The van der Waals surface area contributed by atoms with Gasteiger partial charge in [-0.3, -0.25) is 0 Å². The minimum atomic E-state index is 0.155. The Balaban J connectivity index is 2.28. The van der Waals surface area contributed by atoms with Crippen LogP contribution in [0.3, 0.4) is 0 Å². The number of methoxy groups -OCH3 is 1. The van der Waals surface area contributed by atoms with Crippen molar-refractivity contribution in [3.05, 3.63) is 40.8 Å². The number of nitrogens with zero attached hydrogens (tertiary/aromatic N) is 2. The minimum absolute atomic E-state index is 0.155. The Labute approximate surface area is 109 Å². The Hall–Kier alpha value is -1.52. The van der Waals surface area contributed by atoms with Crippen molar-refractivity contribution < 1.29 is 4.74 Å². The quantitative estimate of drug-likeness (QED) is 0.866. The minimum Gasteiger partial charge on any atom is -0.491 e. The highest BCUT2D eigenvalue weighted by molar-refractivity contribution is 6.30. The molecule has 0 aliphatic carbocycles. The van der Waals surface area contributed by atoms with Crippen LogP contribution in [0.5, 0.6) is 5.75 Å². The smallest absolute Gasteiger partial charge is 0.224 e. The fraction of sp³-hybridized carbons (Fsp3) is 0.0909. The number of hydrogen-bond donors (Lipinski definition) is 1. The number of anilines is 2. The molecule has 0 bridgehead atoms. The van der Waals surface area contributed by atoms with Crippen molar-refractivity contribution in [2.24, 2.45) is 0 Å². The predicted molar refractivity (Wildman–Crippen MR) is 68.3 cm³/mol. The number of aromatic nitrogens is 2. The van der Waals surface area contributed by atoms with Crippen LogP contribution in [0.4, 0.5) is 11.5 Å². The second-order valence-electron chi connectivity index (χ2n) is 3.19. The Morgan fingerprint density at radius 3 is 2.53 bits per heavy atom. The van der Waals surface area contributed by atoms with E-state index in [1.165, 1.54) is 6.20 Å². The first-order valence-electron chi connectivity index (χ1n) is 4.78. The molecule has 0 saturated heterocycles. The molecule has 0 aliphatic heterocycles. The van der Waals surface area contributed by atoms with E-state index < -0.39 is 0 Å². The molecular weight excluding hydrogens is 261 g/mol. The third kappa shape index (κ3) is 2.99. The Bertz CT molecular complexity index is 517. The van der Waals surface area contributed by atoms with Gasteiger partial charge in [-0.25, -0.2) is 4.98 Å². The highest BCUT2D eigenvalue weighted by atomic mass is 35.5. The SMILES string of the molecule is COc1cnc(Cl)nc1Nc1ccc(Cl)cc1. The van der Waals surface area contributed by atoms with Crippen molar-refractivity contribution in [3.63, 3.8) is 0 Å². The molecule has 0 spiro atoms. The summed E-state index contributed by atoms with van der Waals surface area (Å²) in [4.78, 5) is 7.88. The molecule has 1 aromatic heterocycles. The Morgan fingerprint density at radius 2 is 1.88 bits per heavy atom. The summed E-state index contributed by atoms with van der Waals surface area (Å²) in [5, 5.41) is 3.90. The van der Waals surface area contributed by atoms with Gasteiger partial charge in [0.15, 0.2) is 11.6 Å². The molecule has 1 N–H and O–H groups in total. The maximum atomic E-state index is 5.80. The van der Waals surface area contributed by atoms with Crippen LogP contribution in [0.1, 0.15) is 0 Å². The average molecular weight is 270 g/mol. The van der Waals surface area contributed by atoms with Gasteiger partial charge in [0.1, 0.15) is 0 Å². The van der Waals surface area contributed by atoms with Gasteiger partial charge in [-0.15, -0.1) is 0 Å². The van der Waals surface area contributed by atoms with Crippen LogP contribution in [0.15, 0.2) is 30.5 Å². The molecule has 0 radical (unpaired) electrons. The first-order chi connectivity index (χ1) is 8.19. The molecule has 1 aromatic carbocycles. The molecule has 0 atom stereocenters. The third-order valence-electron chi connectivity index (χ3n) is 2.05. The molecule has 1 heterocycles. The zero-order valence-electron chi connectivity index (χ0n) is 8.95. The summed E-state index contributed by atoms with van der Waals surface area (Å²) < 4.78 is 5.12. The predicted octanol–water partition coefficient (Wildman–Crippen LogP) is 3.54. The van der Waals surface area contributed by atoms with Crippen LogP contribution in [-0.2, 0) is 0 Å². The lowest BCUT2D eigenvalue weighted by Gasteiger charge is -2.09. The van der Waals surface area contributed by atoms with Crippen LogP contribution in [0, 0.1) is 0 Å². The van der Waals surface area contributed by atoms with E-state index in [-0.39, 0.29) is 5.28 Å². The number of ether oxygens (including phenoxy) is 1. The molecule has 17 heavy (non-hydrogen) atoms. The van der Waals surface area contributed by atoms with Gasteiger partial charge in [0.2, 0.25) is 5.28 Å². The van der Waals surface area contributed by atoms with E-state index in [0.29, 0.717) is 16.6 Å². The molecule has 2 aromatic rings. The number of hydrogen-bond acceptors (Lipinski definition) is 4. The van der Waals surface area contributed by atoms with Crippen LogP contribution in [-0.4, -0.2) is 17.1 Å². The van der Waals surface area contributed by atoms with Gasteiger partial charge in [-0.05, 0) is 35.9 Å². The fourth-order valence-corrected chi connectivity index (χ4v) is 1.52. The first-order valence-corrected chi connectivity index (χ1v) is 5.54. The van der Waals surface area contributed by atoms with E-state index >= 15 is 0 Å². The number of nitrogens with one attached hydrogen (secondary N) is 1. The number of benzene rings is 1. The molecule has 6 heteroatoms. The van der Waals surface area contributed by atoms with Gasteiger partial charge in [0.05, 0.1) is 13.3 Å². The molecule has 4 nitrogen and oxygen atoms in total. The van der Waals surface area contributed by atoms with E-state index in [1.54, 1.807) is 19.2 Å². The molecule has 88 valence electrons. The maximum Gasteiger partial charge on any atom is 0.224 e. The van der Waals surface area contributed by atoms with Crippen molar-refractivity contribution >= 4 is 34.7 Å². The molecule has 0 saturated carbocycles. The van der Waals surface area contributed by atoms with Crippen molar-refractivity contribution in [3.8, 4) is 5.75 Å². The van der Waals surface area contributed by atoms with Crippen LogP contribution >= 0.6 is 23.2 Å². The standard InChI is InChI=1S/C11H9Cl2N3O/c1-17-9-6-14-11(13)16-10(9)15-8-4-2-7(12)3-5-8/h2-6H,1H3,(H,14,15,16). The average Bonchev–Trinajstić information content (AvgIpc) is 2.32. The Kier molecular flexibility index (Phi) is 3.66. The second-order valence-corrected chi connectivity index (χ2v) is 3.96. The third-order valence-corrected chi connectivity index (χ3v) is 2.49. The van der Waals surface area contributed by atoms with Gasteiger partial charge in [-0.1, -0.05) is 11.6 Å². The summed E-state index contributed by atoms with van der Waals surface area (Å²) >= 11 is 11.5. The van der Waals surface area contributed by atoms with Gasteiger partial charge >= 0.3 is 0 Å². The lowest BCUT2D eigenvalue weighted by atomic mass is 10.3. The van der Waals surface area contributed by atoms with E-state index in [0.717, 1.165) is 5.69 Å². The molecule has 0 unspecified atom stereocenters. The molecule has 0 aliphatic rings. The van der Waals surface area contributed by atoms with Crippen molar-refractivity contribution in [1.29, 1.82) is 0 Å². The maximum absolute atomic E-state index is 5.80. The van der Waals surface area contributed by atoms with E-state index in [1.807, 2.05) is 12.1 Å². The summed E-state index contributed by atoms with van der Waals surface area (Å²) in [7, 11) is 1.54. The van der Waals surface area contributed by atoms with E-state index in [4.69, 9.17) is 27.9 Å². The van der Waals surface area contributed by atoms with Crippen LogP contribution < -0.4 is 10.1 Å². The highest BCUT2D eigenvalue weighted by Crippen LogP contribution is 2.26. The fourth-order valence-electron chi connectivity index (χ4n) is 1.26. The number of rotatable bonds is 3. The van der Waals surface area contributed by atoms with Crippen molar-refractivity contribution in [2.45, 2.75) is 0 Å². The van der Waals surface area contributed by atoms with Gasteiger partial charge in [-0.2, -0.15) is 4.98 Å². The summed E-state index contributed by atoms with van der Waals surface area (Å²) in [5.74, 6) is 1.03. The monoisotopic (exact) mass is 269 g/mol. The molecule has 0 fully saturated rings. The lowest BCUT2D eigenvalue weighted by molar-refractivity contribution is 0.413. The first kappa shape index (κ1) is 12.0. The normalized spacial score (nSPS) is 10.1. The molecule has 2 rings (SSSR count). The van der Waals surface area contributed by atoms with Crippen molar-refractivity contribution in [2.75, 3.05) is 12.4 Å². The highest BCUT2D eigenvalue weighted by Gasteiger charge is 2.06. The Morgan fingerprint density at radius 1 is 1.18 bits per heavy atom. The summed E-state index contributed by atoms with van der Waals surface area (Å²) in [5.41, 5.74) is 0.836. The summed E-state index contributed by atoms with van der Waals surface area (Å²) in [6, 6.07) is 7.22. The zero-order valence-corrected chi connectivity index (χ0v) is 10.5. The van der Waals surface area contributed by atoms with E-state index in [2.05, 4.69) is 15.3 Å². The summed E-state index contributed by atoms with van der Waals surface area (Å²) in [6.07, 6.45) is 1.51.